The lowest BCUT2D eigenvalue weighted by Gasteiger charge is -2.47. The molecule has 0 amide bonds. The summed E-state index contributed by atoms with van der Waals surface area (Å²) < 4.78 is 33.1. The number of hydrogen-bond acceptors (Lipinski definition) is 6. The monoisotopic (exact) mass is 586 g/mol. The molecule has 2 rings (SSSR count). The fourth-order valence-corrected chi connectivity index (χ4v) is 5.07. The fraction of sp³-hybridized carbons (Fsp3) is 0.800. The summed E-state index contributed by atoms with van der Waals surface area (Å²) in [6, 6.07) is 5.93. The molecule has 6 nitrogen and oxygen atoms in total. The van der Waals surface area contributed by atoms with Gasteiger partial charge in [-0.3, -0.25) is 0 Å². The lowest BCUT2D eigenvalue weighted by Crippen LogP contribution is -2.62. The van der Waals surface area contributed by atoms with Crippen LogP contribution in [0.2, 0.25) is 0 Å². The second kappa shape index (κ2) is 18.7. The number of hydrogen-bond donors (Lipinski definition) is 1. The van der Waals surface area contributed by atoms with Gasteiger partial charge in [0.1, 0.15) is 36.6 Å². The minimum atomic E-state index is -0.869. The number of aliphatic hydroxyl groups is 1. The first-order valence-corrected chi connectivity index (χ1v) is 15.3. The Morgan fingerprint density at radius 3 is 1.92 bits per heavy atom. The zero-order valence-electron chi connectivity index (χ0n) is 23.8. The predicted molar refractivity (Wildman–Crippen MR) is 152 cm³/mol. The summed E-state index contributed by atoms with van der Waals surface area (Å²) in [4.78, 5) is 0. The van der Waals surface area contributed by atoms with Gasteiger partial charge in [-0.1, -0.05) is 75.4 Å². The van der Waals surface area contributed by atoms with Crippen LogP contribution < -0.4 is 0 Å². The standard InChI is InChI=1S/C30H51BrO6/c1-6-10-16-33-21-25-27(34-17-11-7-2)29(35-18-12-8-3)30(36-19-13-9-4)28(37-25)26(32)24-15-14-23(31)20-22(24)5/h14-15,20,25-30,32H,6-13,16-19,21H2,1-5H3/t25?,26-,27?,28?,29?,30?/m1/s1. The molecule has 37 heavy (non-hydrogen) atoms. The number of ether oxygens (including phenoxy) is 5. The van der Waals surface area contributed by atoms with Crippen molar-refractivity contribution in [3.8, 4) is 0 Å². The minimum absolute atomic E-state index is 0.328. The van der Waals surface area contributed by atoms with Crippen LogP contribution in [-0.4, -0.2) is 68.7 Å². The molecule has 1 aromatic rings. The lowest BCUT2D eigenvalue weighted by atomic mass is 9.88. The Morgan fingerprint density at radius 2 is 1.35 bits per heavy atom. The summed E-state index contributed by atoms with van der Waals surface area (Å²) in [5.74, 6) is 0. The van der Waals surface area contributed by atoms with E-state index in [0.29, 0.717) is 33.0 Å². The van der Waals surface area contributed by atoms with E-state index in [4.69, 9.17) is 23.7 Å². The molecule has 1 saturated heterocycles. The molecule has 0 spiro atoms. The van der Waals surface area contributed by atoms with Gasteiger partial charge < -0.3 is 28.8 Å². The molecule has 0 aliphatic carbocycles. The van der Waals surface area contributed by atoms with E-state index in [1.165, 1.54) is 0 Å². The number of halogens is 1. The van der Waals surface area contributed by atoms with Gasteiger partial charge >= 0.3 is 0 Å². The third kappa shape index (κ3) is 10.5. The summed E-state index contributed by atoms with van der Waals surface area (Å²) in [5, 5.41) is 11.7. The van der Waals surface area contributed by atoms with Crippen LogP contribution in [0.3, 0.4) is 0 Å². The van der Waals surface area contributed by atoms with Crippen molar-refractivity contribution in [1.82, 2.24) is 0 Å². The van der Waals surface area contributed by atoms with Gasteiger partial charge in [-0.25, -0.2) is 0 Å². The van der Waals surface area contributed by atoms with Crippen LogP contribution in [0.1, 0.15) is 96.3 Å². The first kappa shape index (κ1) is 32.7. The van der Waals surface area contributed by atoms with Gasteiger partial charge in [0, 0.05) is 30.9 Å². The van der Waals surface area contributed by atoms with E-state index in [0.717, 1.165) is 67.0 Å². The number of rotatable bonds is 19. The molecule has 0 aromatic heterocycles. The van der Waals surface area contributed by atoms with E-state index < -0.39 is 18.3 Å². The fourth-order valence-electron chi connectivity index (χ4n) is 4.60. The van der Waals surface area contributed by atoms with Crippen LogP contribution in [0.15, 0.2) is 22.7 Å². The van der Waals surface area contributed by atoms with Gasteiger partial charge in [-0.2, -0.15) is 0 Å². The van der Waals surface area contributed by atoms with Gasteiger partial charge in [0.25, 0.3) is 0 Å². The zero-order chi connectivity index (χ0) is 27.0. The van der Waals surface area contributed by atoms with Gasteiger partial charge in [-0.15, -0.1) is 0 Å². The van der Waals surface area contributed by atoms with Crippen molar-refractivity contribution in [3.05, 3.63) is 33.8 Å². The Balaban J connectivity index is 2.42. The topological polar surface area (TPSA) is 66.4 Å². The maximum Gasteiger partial charge on any atom is 0.117 e. The maximum atomic E-state index is 11.7. The number of aliphatic hydroxyl groups excluding tert-OH is 1. The Morgan fingerprint density at radius 1 is 0.811 bits per heavy atom. The molecule has 1 aliphatic heterocycles. The van der Waals surface area contributed by atoms with Crippen molar-refractivity contribution in [2.75, 3.05) is 33.0 Å². The minimum Gasteiger partial charge on any atom is -0.386 e. The molecule has 214 valence electrons. The van der Waals surface area contributed by atoms with E-state index >= 15 is 0 Å². The Kier molecular flexibility index (Phi) is 16.5. The highest BCUT2D eigenvalue weighted by Crippen LogP contribution is 2.36. The van der Waals surface area contributed by atoms with Gasteiger partial charge in [0.15, 0.2) is 0 Å². The molecular formula is C30H51BrO6. The van der Waals surface area contributed by atoms with Crippen LogP contribution in [0.4, 0.5) is 0 Å². The summed E-state index contributed by atoms with van der Waals surface area (Å²) in [7, 11) is 0. The van der Waals surface area contributed by atoms with E-state index in [-0.39, 0.29) is 18.3 Å². The molecule has 1 aromatic carbocycles. The average Bonchev–Trinajstić information content (AvgIpc) is 2.88. The Hall–Kier alpha value is -0.540. The molecule has 6 atom stereocenters. The third-order valence-electron chi connectivity index (χ3n) is 6.88. The summed E-state index contributed by atoms with van der Waals surface area (Å²) in [6.07, 6.45) is 5.07. The second-order valence-corrected chi connectivity index (χ2v) is 11.0. The maximum absolute atomic E-state index is 11.7. The highest BCUT2D eigenvalue weighted by atomic mass is 79.9. The average molecular weight is 588 g/mol. The molecule has 1 fully saturated rings. The van der Waals surface area contributed by atoms with Crippen LogP contribution in [-0.2, 0) is 23.7 Å². The summed E-state index contributed by atoms with van der Waals surface area (Å²) in [5.41, 5.74) is 1.83. The molecule has 0 radical (unpaired) electrons. The highest BCUT2D eigenvalue weighted by molar-refractivity contribution is 9.10. The predicted octanol–water partition coefficient (Wildman–Crippen LogP) is 6.93. The normalized spacial score (nSPS) is 24.9. The molecule has 1 aliphatic rings. The SMILES string of the molecule is CCCCOCC1OC([C@H](O)c2ccc(Br)cc2C)C(OCCCC)C(OCCCC)C1OCCCC. The van der Waals surface area contributed by atoms with Crippen molar-refractivity contribution < 1.29 is 28.8 Å². The smallest absolute Gasteiger partial charge is 0.117 e. The molecule has 7 heteroatoms. The van der Waals surface area contributed by atoms with Crippen molar-refractivity contribution in [3.63, 3.8) is 0 Å². The zero-order valence-corrected chi connectivity index (χ0v) is 25.3. The molecule has 1 heterocycles. The van der Waals surface area contributed by atoms with E-state index in [2.05, 4.69) is 43.6 Å². The van der Waals surface area contributed by atoms with Crippen LogP contribution >= 0.6 is 15.9 Å². The van der Waals surface area contributed by atoms with E-state index in [1.807, 2.05) is 25.1 Å². The number of benzene rings is 1. The van der Waals surface area contributed by atoms with Gasteiger partial charge in [-0.05, 0) is 55.9 Å². The largest absolute Gasteiger partial charge is 0.386 e. The van der Waals surface area contributed by atoms with Gasteiger partial charge in [0.05, 0.1) is 6.61 Å². The third-order valence-corrected chi connectivity index (χ3v) is 7.37. The van der Waals surface area contributed by atoms with Crippen molar-refractivity contribution in [2.45, 2.75) is 123 Å². The van der Waals surface area contributed by atoms with Crippen LogP contribution in [0, 0.1) is 6.92 Å². The van der Waals surface area contributed by atoms with Crippen molar-refractivity contribution in [1.29, 1.82) is 0 Å². The van der Waals surface area contributed by atoms with Crippen LogP contribution in [0.25, 0.3) is 0 Å². The first-order chi connectivity index (χ1) is 18.0. The number of unbranched alkanes of at least 4 members (excludes halogenated alkanes) is 4. The summed E-state index contributed by atoms with van der Waals surface area (Å²) in [6.45, 7) is 13.5. The number of aryl methyl sites for hydroxylation is 1. The molecule has 1 N–H and O–H groups in total. The van der Waals surface area contributed by atoms with E-state index in [9.17, 15) is 5.11 Å². The molecule has 0 bridgehead atoms. The molecular weight excluding hydrogens is 536 g/mol. The first-order valence-electron chi connectivity index (χ1n) is 14.5. The van der Waals surface area contributed by atoms with Crippen molar-refractivity contribution >= 4 is 15.9 Å². The van der Waals surface area contributed by atoms with E-state index in [1.54, 1.807) is 0 Å². The quantitative estimate of drug-likeness (QED) is 0.177. The van der Waals surface area contributed by atoms with Gasteiger partial charge in [0.2, 0.25) is 0 Å². The highest BCUT2D eigenvalue weighted by Gasteiger charge is 2.50. The second-order valence-electron chi connectivity index (χ2n) is 10.1. The summed E-state index contributed by atoms with van der Waals surface area (Å²) >= 11 is 3.54. The van der Waals surface area contributed by atoms with Crippen LogP contribution in [0.5, 0.6) is 0 Å². The molecule has 5 unspecified atom stereocenters. The lowest BCUT2D eigenvalue weighted by molar-refractivity contribution is -0.281. The Bertz CT molecular complexity index is 732. The molecule has 0 saturated carbocycles. The Labute approximate surface area is 233 Å². The van der Waals surface area contributed by atoms with Crippen molar-refractivity contribution in [2.24, 2.45) is 0 Å².